The zero-order valence-corrected chi connectivity index (χ0v) is 14.0. The molecule has 0 aliphatic rings. The number of benzene rings is 1. The molecule has 2 heterocycles. The molecule has 114 valence electrons. The summed E-state index contributed by atoms with van der Waals surface area (Å²) in [5.74, 6) is 0.884. The van der Waals surface area contributed by atoms with Crippen LogP contribution in [0.15, 0.2) is 35.7 Å². The molecule has 3 aromatic rings. The molecule has 4 nitrogen and oxygen atoms in total. The number of carbonyl (C=O) groups excluding carboxylic acids is 1. The van der Waals surface area contributed by atoms with E-state index in [9.17, 15) is 4.79 Å². The molecule has 2 aromatic heterocycles. The zero-order valence-electron chi connectivity index (χ0n) is 12.4. The van der Waals surface area contributed by atoms with E-state index in [2.05, 4.69) is 16.5 Å². The first-order valence-electron chi connectivity index (χ1n) is 7.03. The van der Waals surface area contributed by atoms with Gasteiger partial charge in [-0.05, 0) is 36.6 Å². The first-order valence-corrected chi connectivity index (χ1v) is 8.29. The van der Waals surface area contributed by atoms with Crippen molar-refractivity contribution >= 4 is 39.9 Å². The molecule has 22 heavy (non-hydrogen) atoms. The van der Waals surface area contributed by atoms with Gasteiger partial charge in [0.15, 0.2) is 0 Å². The molecule has 3 rings (SSSR count). The molecule has 0 aliphatic heterocycles. The Balaban J connectivity index is 1.91. The lowest BCUT2D eigenvalue weighted by Gasteiger charge is -2.16. The van der Waals surface area contributed by atoms with Crippen molar-refractivity contribution in [1.29, 1.82) is 0 Å². The van der Waals surface area contributed by atoms with E-state index in [1.807, 2.05) is 35.7 Å². The van der Waals surface area contributed by atoms with Gasteiger partial charge in [-0.2, -0.15) is 0 Å². The highest BCUT2D eigenvalue weighted by Crippen LogP contribution is 2.22. The van der Waals surface area contributed by atoms with Gasteiger partial charge in [0, 0.05) is 18.6 Å². The van der Waals surface area contributed by atoms with Crippen LogP contribution in [0.4, 0.5) is 0 Å². The van der Waals surface area contributed by atoms with E-state index in [-0.39, 0.29) is 5.91 Å². The fourth-order valence-electron chi connectivity index (χ4n) is 2.49. The summed E-state index contributed by atoms with van der Waals surface area (Å²) in [7, 11) is 1.80. The number of aryl methyl sites for hydroxylation is 1. The topological polar surface area (TPSA) is 38.1 Å². The molecular weight excluding hydrogens is 318 g/mol. The van der Waals surface area contributed by atoms with Crippen molar-refractivity contribution in [3.63, 3.8) is 0 Å². The minimum Gasteiger partial charge on any atom is -0.334 e. The maximum absolute atomic E-state index is 12.4. The molecule has 0 N–H and O–H groups in total. The monoisotopic (exact) mass is 333 g/mol. The maximum Gasteiger partial charge on any atom is 0.264 e. The quantitative estimate of drug-likeness (QED) is 0.722. The Hall–Kier alpha value is -1.85. The first kappa shape index (κ1) is 15.1. The van der Waals surface area contributed by atoms with Crippen molar-refractivity contribution in [3.8, 4) is 0 Å². The van der Waals surface area contributed by atoms with Gasteiger partial charge in [-0.3, -0.25) is 4.79 Å². The van der Waals surface area contributed by atoms with Crippen LogP contribution in [0.3, 0.4) is 0 Å². The predicted octanol–water partition coefficient (Wildman–Crippen LogP) is 4.04. The number of thiophene rings is 1. The average molecular weight is 334 g/mol. The third-order valence-corrected chi connectivity index (χ3v) is 4.66. The molecule has 0 bridgehead atoms. The minimum atomic E-state index is 0.0164. The van der Waals surface area contributed by atoms with E-state index >= 15 is 0 Å². The second-order valence-corrected chi connectivity index (χ2v) is 6.43. The number of carbonyl (C=O) groups is 1. The molecule has 0 radical (unpaired) electrons. The summed E-state index contributed by atoms with van der Waals surface area (Å²) in [5.41, 5.74) is 1.90. The molecule has 0 atom stereocenters. The Morgan fingerprint density at radius 1 is 1.41 bits per heavy atom. The van der Waals surface area contributed by atoms with Gasteiger partial charge in [0.25, 0.3) is 5.91 Å². The molecule has 6 heteroatoms. The first-order chi connectivity index (χ1) is 10.6. The van der Waals surface area contributed by atoms with Gasteiger partial charge in [-0.15, -0.1) is 11.3 Å². The van der Waals surface area contributed by atoms with Crippen molar-refractivity contribution in [3.05, 3.63) is 51.4 Å². The van der Waals surface area contributed by atoms with Crippen LogP contribution < -0.4 is 0 Å². The minimum absolute atomic E-state index is 0.0164. The van der Waals surface area contributed by atoms with E-state index in [0.29, 0.717) is 11.6 Å². The van der Waals surface area contributed by atoms with Gasteiger partial charge in [0.05, 0.1) is 22.5 Å². The third-order valence-electron chi connectivity index (χ3n) is 3.56. The Bertz CT molecular complexity index is 810. The van der Waals surface area contributed by atoms with Gasteiger partial charge in [-0.25, -0.2) is 4.98 Å². The van der Waals surface area contributed by atoms with Gasteiger partial charge >= 0.3 is 0 Å². The number of hydrogen-bond donors (Lipinski definition) is 0. The second-order valence-electron chi connectivity index (χ2n) is 5.04. The lowest BCUT2D eigenvalue weighted by atomic mass is 10.3. The van der Waals surface area contributed by atoms with Crippen LogP contribution in [-0.4, -0.2) is 27.4 Å². The lowest BCUT2D eigenvalue weighted by Crippen LogP contribution is -2.27. The van der Waals surface area contributed by atoms with Gasteiger partial charge < -0.3 is 9.47 Å². The number of rotatable bonds is 4. The summed E-state index contributed by atoms with van der Waals surface area (Å²) < 4.78 is 2.10. The zero-order chi connectivity index (χ0) is 15.7. The lowest BCUT2D eigenvalue weighted by molar-refractivity contribution is 0.0785. The molecule has 1 aromatic carbocycles. The molecule has 1 amide bonds. The Kier molecular flexibility index (Phi) is 4.18. The summed E-state index contributed by atoms with van der Waals surface area (Å²) in [6.07, 6.45) is 0. The summed E-state index contributed by atoms with van der Waals surface area (Å²) in [4.78, 5) is 19.4. The van der Waals surface area contributed by atoms with Crippen LogP contribution in [0, 0.1) is 0 Å². The van der Waals surface area contributed by atoms with E-state index < -0.39 is 0 Å². The molecular formula is C16H16ClN3OS. The number of fused-ring (bicyclic) bond motifs is 1. The third kappa shape index (κ3) is 2.74. The van der Waals surface area contributed by atoms with E-state index in [1.54, 1.807) is 11.9 Å². The van der Waals surface area contributed by atoms with E-state index in [1.165, 1.54) is 11.3 Å². The molecule has 0 saturated carbocycles. The summed E-state index contributed by atoms with van der Waals surface area (Å²) >= 11 is 7.53. The van der Waals surface area contributed by atoms with E-state index in [0.717, 1.165) is 28.3 Å². The predicted molar refractivity (Wildman–Crippen MR) is 90.5 cm³/mol. The van der Waals surface area contributed by atoms with Crippen molar-refractivity contribution in [1.82, 2.24) is 14.5 Å². The normalized spacial score (nSPS) is 11.0. The summed E-state index contributed by atoms with van der Waals surface area (Å²) in [6.45, 7) is 3.32. The van der Waals surface area contributed by atoms with E-state index in [4.69, 9.17) is 11.6 Å². The fraction of sp³-hybridized carbons (Fsp3) is 0.250. The molecule has 0 saturated heterocycles. The largest absolute Gasteiger partial charge is 0.334 e. The van der Waals surface area contributed by atoms with Gasteiger partial charge in [0.2, 0.25) is 0 Å². The number of imidazole rings is 1. The van der Waals surface area contributed by atoms with Gasteiger partial charge in [-0.1, -0.05) is 17.7 Å². The SMILES string of the molecule is CCn1c(CN(C)C(=O)c2cccs2)nc2ccc(Cl)cc21. The molecule has 0 fully saturated rings. The summed E-state index contributed by atoms with van der Waals surface area (Å²) in [5, 5.41) is 2.60. The van der Waals surface area contributed by atoms with Crippen LogP contribution in [0.5, 0.6) is 0 Å². The van der Waals surface area contributed by atoms with Crippen LogP contribution in [-0.2, 0) is 13.1 Å². The Labute approximate surface area is 137 Å². The highest BCUT2D eigenvalue weighted by Gasteiger charge is 2.17. The maximum atomic E-state index is 12.4. The standard InChI is InChI=1S/C16H16ClN3OS/c1-3-20-13-9-11(17)6-7-12(13)18-15(20)10-19(2)16(21)14-5-4-8-22-14/h4-9H,3,10H2,1-2H3. The smallest absolute Gasteiger partial charge is 0.264 e. The van der Waals surface area contributed by atoms with Crippen LogP contribution >= 0.6 is 22.9 Å². The Morgan fingerprint density at radius 2 is 2.23 bits per heavy atom. The van der Waals surface area contributed by atoms with Crippen LogP contribution in [0.25, 0.3) is 11.0 Å². The van der Waals surface area contributed by atoms with Gasteiger partial charge in [0.1, 0.15) is 5.82 Å². The average Bonchev–Trinajstić information content (AvgIpc) is 3.13. The highest BCUT2D eigenvalue weighted by atomic mass is 35.5. The Morgan fingerprint density at radius 3 is 2.91 bits per heavy atom. The molecule has 0 aliphatic carbocycles. The number of amides is 1. The van der Waals surface area contributed by atoms with Crippen LogP contribution in [0.2, 0.25) is 5.02 Å². The number of nitrogens with zero attached hydrogens (tertiary/aromatic N) is 3. The van der Waals surface area contributed by atoms with Crippen molar-refractivity contribution in [2.45, 2.75) is 20.0 Å². The van der Waals surface area contributed by atoms with Crippen molar-refractivity contribution in [2.75, 3.05) is 7.05 Å². The van der Waals surface area contributed by atoms with Crippen LogP contribution in [0.1, 0.15) is 22.4 Å². The number of halogens is 1. The van der Waals surface area contributed by atoms with Crippen molar-refractivity contribution < 1.29 is 4.79 Å². The molecule has 0 spiro atoms. The molecule has 0 unspecified atom stereocenters. The highest BCUT2D eigenvalue weighted by molar-refractivity contribution is 7.12. The fourth-order valence-corrected chi connectivity index (χ4v) is 3.38. The van der Waals surface area contributed by atoms with Crippen molar-refractivity contribution in [2.24, 2.45) is 0 Å². The number of aromatic nitrogens is 2. The second kappa shape index (κ2) is 6.10. The summed E-state index contributed by atoms with van der Waals surface area (Å²) in [6, 6.07) is 9.38. The number of hydrogen-bond acceptors (Lipinski definition) is 3.